The number of carbonyl (C=O) groups is 2. The Balaban J connectivity index is 1.62. The fraction of sp³-hybridized carbons (Fsp3) is 0.533. The number of nitrogens with one attached hydrogen (secondary N) is 1. The Bertz CT molecular complexity index is 556. The quantitative estimate of drug-likeness (QED) is 0.876. The predicted octanol–water partition coefficient (Wildman–Crippen LogP) is 1.47. The molecular weight excluding hydrogens is 272 g/mol. The van der Waals surface area contributed by atoms with Crippen LogP contribution >= 0.6 is 0 Å². The molecule has 6 nitrogen and oxygen atoms in total. The number of rotatable bonds is 4. The molecule has 1 aliphatic heterocycles. The van der Waals surface area contributed by atoms with E-state index in [2.05, 4.69) is 10.3 Å². The summed E-state index contributed by atoms with van der Waals surface area (Å²) in [6.45, 7) is 0.661. The minimum atomic E-state index is -1.06. The molecule has 1 saturated carbocycles. The van der Waals surface area contributed by atoms with Gasteiger partial charge < -0.3 is 15.2 Å². The van der Waals surface area contributed by atoms with Crippen LogP contribution < -0.4 is 5.32 Å². The zero-order valence-corrected chi connectivity index (χ0v) is 11.6. The summed E-state index contributed by atoms with van der Waals surface area (Å²) in [4.78, 5) is 27.0. The molecule has 2 fully saturated rings. The summed E-state index contributed by atoms with van der Waals surface area (Å²) < 4.78 is 5.73. The smallest absolute Gasteiger partial charge is 0.335 e. The molecule has 1 aliphatic carbocycles. The number of nitrogens with zero attached hydrogens (tertiary/aromatic N) is 1. The zero-order chi connectivity index (χ0) is 14.8. The van der Waals surface area contributed by atoms with Crippen molar-refractivity contribution in [3.8, 4) is 0 Å². The first kappa shape index (κ1) is 14.0. The van der Waals surface area contributed by atoms with E-state index in [9.17, 15) is 9.59 Å². The van der Waals surface area contributed by atoms with E-state index in [1.165, 1.54) is 31.2 Å². The van der Waals surface area contributed by atoms with E-state index in [-0.39, 0.29) is 29.3 Å². The monoisotopic (exact) mass is 290 g/mol. The Labute approximate surface area is 122 Å². The van der Waals surface area contributed by atoms with Gasteiger partial charge in [0.25, 0.3) is 5.91 Å². The topological polar surface area (TPSA) is 88.5 Å². The van der Waals surface area contributed by atoms with Crippen LogP contribution in [0, 0.1) is 5.92 Å². The molecular formula is C15H18N2O4. The molecule has 2 N–H and O–H groups in total. The van der Waals surface area contributed by atoms with Crippen LogP contribution in [0.4, 0.5) is 0 Å². The van der Waals surface area contributed by atoms with Gasteiger partial charge in [0.05, 0.1) is 11.7 Å². The SMILES string of the molecule is O=C(O)c1ccnc(C(=O)NC2CCOC(C3CC3)C2)c1. The van der Waals surface area contributed by atoms with Gasteiger partial charge in [-0.05, 0) is 43.7 Å². The molecule has 0 spiro atoms. The highest BCUT2D eigenvalue weighted by Gasteiger charge is 2.36. The molecule has 1 aromatic rings. The number of aromatic carboxylic acids is 1. The lowest BCUT2D eigenvalue weighted by Crippen LogP contribution is -2.42. The third kappa shape index (κ3) is 3.39. The van der Waals surface area contributed by atoms with Crippen molar-refractivity contribution in [2.24, 2.45) is 5.92 Å². The molecule has 2 unspecified atom stereocenters. The lowest BCUT2D eigenvalue weighted by atomic mass is 10.00. The number of ether oxygens (including phenoxy) is 1. The van der Waals surface area contributed by atoms with E-state index in [0.29, 0.717) is 12.5 Å². The van der Waals surface area contributed by atoms with Crippen LogP contribution in [0.3, 0.4) is 0 Å². The molecule has 6 heteroatoms. The number of aromatic nitrogens is 1. The van der Waals surface area contributed by atoms with Crippen LogP contribution in [-0.4, -0.2) is 40.7 Å². The molecule has 0 aromatic carbocycles. The second-order valence-electron chi connectivity index (χ2n) is 5.68. The largest absolute Gasteiger partial charge is 0.478 e. The average Bonchev–Trinajstić information content (AvgIpc) is 3.32. The molecule has 2 heterocycles. The zero-order valence-electron chi connectivity index (χ0n) is 11.6. The molecule has 1 aromatic heterocycles. The molecule has 21 heavy (non-hydrogen) atoms. The van der Waals surface area contributed by atoms with Crippen molar-refractivity contribution in [2.75, 3.05) is 6.61 Å². The Hall–Kier alpha value is -1.95. The number of carbonyl (C=O) groups excluding carboxylic acids is 1. The van der Waals surface area contributed by atoms with Gasteiger partial charge in [0.2, 0.25) is 0 Å². The summed E-state index contributed by atoms with van der Waals surface area (Å²) in [5, 5.41) is 11.9. The second-order valence-corrected chi connectivity index (χ2v) is 5.68. The fourth-order valence-corrected chi connectivity index (χ4v) is 2.70. The highest BCUT2D eigenvalue weighted by Crippen LogP contribution is 2.38. The van der Waals surface area contributed by atoms with E-state index in [4.69, 9.17) is 9.84 Å². The van der Waals surface area contributed by atoms with Gasteiger partial charge in [-0.25, -0.2) is 4.79 Å². The Kier molecular flexibility index (Phi) is 3.88. The summed E-state index contributed by atoms with van der Waals surface area (Å²) in [6, 6.07) is 2.75. The highest BCUT2D eigenvalue weighted by atomic mass is 16.5. The second kappa shape index (κ2) is 5.81. The van der Waals surface area contributed by atoms with Crippen molar-refractivity contribution in [1.82, 2.24) is 10.3 Å². The maximum absolute atomic E-state index is 12.2. The first-order valence-corrected chi connectivity index (χ1v) is 7.25. The highest BCUT2D eigenvalue weighted by molar-refractivity contribution is 5.95. The van der Waals surface area contributed by atoms with Crippen LogP contribution in [-0.2, 0) is 4.74 Å². The number of hydrogen-bond acceptors (Lipinski definition) is 4. The minimum absolute atomic E-state index is 0.0676. The Morgan fingerprint density at radius 3 is 2.86 bits per heavy atom. The summed E-state index contributed by atoms with van der Waals surface area (Å²) in [7, 11) is 0. The number of carboxylic acid groups (broad SMARTS) is 1. The van der Waals surface area contributed by atoms with E-state index in [1.54, 1.807) is 0 Å². The summed E-state index contributed by atoms with van der Waals surface area (Å²) in [5.74, 6) is -0.732. The van der Waals surface area contributed by atoms with Crippen molar-refractivity contribution in [3.63, 3.8) is 0 Å². The summed E-state index contributed by atoms with van der Waals surface area (Å²) in [6.07, 6.45) is 5.64. The van der Waals surface area contributed by atoms with Gasteiger partial charge in [0.1, 0.15) is 5.69 Å². The molecule has 2 aliphatic rings. The van der Waals surface area contributed by atoms with Gasteiger partial charge in [-0.2, -0.15) is 0 Å². The molecule has 2 atom stereocenters. The van der Waals surface area contributed by atoms with Gasteiger partial charge in [-0.3, -0.25) is 9.78 Å². The van der Waals surface area contributed by atoms with E-state index < -0.39 is 5.97 Å². The first-order chi connectivity index (χ1) is 10.1. The van der Waals surface area contributed by atoms with E-state index in [0.717, 1.165) is 12.8 Å². The van der Waals surface area contributed by atoms with Crippen LogP contribution in [0.25, 0.3) is 0 Å². The van der Waals surface area contributed by atoms with Gasteiger partial charge in [0, 0.05) is 18.8 Å². The lowest BCUT2D eigenvalue weighted by molar-refractivity contribution is -0.0102. The average molecular weight is 290 g/mol. The Morgan fingerprint density at radius 1 is 1.33 bits per heavy atom. The van der Waals surface area contributed by atoms with Gasteiger partial charge in [0.15, 0.2) is 0 Å². The standard InChI is InChI=1S/C15H18N2O4/c18-14(12-7-10(15(19)20)3-5-16-12)17-11-4-6-21-13(8-11)9-1-2-9/h3,5,7,9,11,13H,1-2,4,6,8H2,(H,17,18)(H,19,20). The molecule has 0 radical (unpaired) electrons. The molecule has 1 amide bonds. The number of hydrogen-bond donors (Lipinski definition) is 2. The Morgan fingerprint density at radius 2 is 2.14 bits per heavy atom. The van der Waals surface area contributed by atoms with Crippen molar-refractivity contribution in [3.05, 3.63) is 29.6 Å². The molecule has 3 rings (SSSR count). The van der Waals surface area contributed by atoms with Gasteiger partial charge in [-0.1, -0.05) is 0 Å². The van der Waals surface area contributed by atoms with Crippen LogP contribution in [0.1, 0.15) is 46.5 Å². The summed E-state index contributed by atoms with van der Waals surface area (Å²) in [5.41, 5.74) is 0.211. The van der Waals surface area contributed by atoms with Gasteiger partial charge in [-0.15, -0.1) is 0 Å². The van der Waals surface area contributed by atoms with E-state index in [1.807, 2.05) is 0 Å². The van der Waals surface area contributed by atoms with Crippen molar-refractivity contribution in [2.45, 2.75) is 37.8 Å². The third-order valence-electron chi connectivity index (χ3n) is 4.04. The first-order valence-electron chi connectivity index (χ1n) is 7.25. The number of amides is 1. The van der Waals surface area contributed by atoms with Crippen LogP contribution in [0.5, 0.6) is 0 Å². The lowest BCUT2D eigenvalue weighted by Gasteiger charge is -2.30. The molecule has 0 bridgehead atoms. The van der Waals surface area contributed by atoms with Crippen molar-refractivity contribution < 1.29 is 19.4 Å². The predicted molar refractivity (Wildman–Crippen MR) is 74.1 cm³/mol. The summed E-state index contributed by atoms with van der Waals surface area (Å²) >= 11 is 0. The van der Waals surface area contributed by atoms with Crippen LogP contribution in [0.15, 0.2) is 18.3 Å². The minimum Gasteiger partial charge on any atom is -0.478 e. The fourth-order valence-electron chi connectivity index (χ4n) is 2.70. The number of carboxylic acids is 1. The van der Waals surface area contributed by atoms with Crippen molar-refractivity contribution >= 4 is 11.9 Å². The van der Waals surface area contributed by atoms with Crippen molar-refractivity contribution in [1.29, 1.82) is 0 Å². The molecule has 1 saturated heterocycles. The third-order valence-corrected chi connectivity index (χ3v) is 4.04. The maximum atomic E-state index is 12.2. The van der Waals surface area contributed by atoms with E-state index >= 15 is 0 Å². The molecule has 112 valence electrons. The van der Waals surface area contributed by atoms with Gasteiger partial charge >= 0.3 is 5.97 Å². The normalized spacial score (nSPS) is 25.3. The maximum Gasteiger partial charge on any atom is 0.335 e. The number of pyridine rings is 1. The van der Waals surface area contributed by atoms with Crippen LogP contribution in [0.2, 0.25) is 0 Å².